The average Bonchev–Trinajstić information content (AvgIpc) is 2.77. The molecule has 2 heterocycles. The Morgan fingerprint density at radius 3 is 2.50 bits per heavy atom. The predicted molar refractivity (Wildman–Crippen MR) is 114 cm³/mol. The van der Waals surface area contributed by atoms with Gasteiger partial charge >= 0.3 is 12.0 Å². The highest BCUT2D eigenvalue weighted by molar-refractivity contribution is 5.95. The van der Waals surface area contributed by atoms with Gasteiger partial charge < -0.3 is 19.7 Å². The second-order valence-electron chi connectivity index (χ2n) is 7.51. The van der Waals surface area contributed by atoms with Crippen LogP contribution in [0.3, 0.4) is 0 Å². The number of methoxy groups -OCH3 is 1. The zero-order valence-corrected chi connectivity index (χ0v) is 18.3. The Morgan fingerprint density at radius 1 is 1.17 bits per heavy atom. The van der Waals surface area contributed by atoms with Gasteiger partial charge in [0.05, 0.1) is 25.3 Å². The number of carbonyl (C=O) groups is 2. The van der Waals surface area contributed by atoms with Gasteiger partial charge in [0.15, 0.2) is 0 Å². The maximum Gasteiger partial charge on any atom is 0.338 e. The number of nitrogens with zero attached hydrogens (tertiary/aromatic N) is 3. The highest BCUT2D eigenvalue weighted by Gasteiger charge is 2.37. The molecule has 0 radical (unpaired) electrons. The standard InChI is InChI=1S/C22H32N4O4/c1-5-25-10-12-26(13-11-25)15-18-19(21(27)30-6-2)20(23-22(28)24(18)3)16-8-7-9-17(14-16)29-4/h7-9,14,20H,5-6,10-13,15H2,1-4H3,(H,23,28). The number of amides is 2. The first kappa shape index (κ1) is 22.1. The number of nitrogens with one attached hydrogen (secondary N) is 1. The molecule has 2 amide bonds. The third-order valence-corrected chi connectivity index (χ3v) is 5.78. The molecule has 8 nitrogen and oxygen atoms in total. The van der Waals surface area contributed by atoms with Crippen molar-refractivity contribution in [3.63, 3.8) is 0 Å². The van der Waals surface area contributed by atoms with Gasteiger partial charge in [-0.3, -0.25) is 9.80 Å². The molecule has 1 fully saturated rings. The van der Waals surface area contributed by atoms with Gasteiger partial charge in [0, 0.05) is 45.5 Å². The summed E-state index contributed by atoms with van der Waals surface area (Å²) in [5.41, 5.74) is 1.95. The minimum Gasteiger partial charge on any atom is -0.497 e. The van der Waals surface area contributed by atoms with Crippen molar-refractivity contribution in [3.8, 4) is 5.75 Å². The van der Waals surface area contributed by atoms with Crippen molar-refractivity contribution in [2.45, 2.75) is 19.9 Å². The SMILES string of the molecule is CCOC(=O)C1=C(CN2CCN(CC)CC2)N(C)C(=O)NC1c1cccc(OC)c1. The molecule has 1 aromatic rings. The van der Waals surface area contributed by atoms with Crippen LogP contribution in [-0.2, 0) is 9.53 Å². The van der Waals surface area contributed by atoms with Gasteiger partial charge in [0.25, 0.3) is 0 Å². The summed E-state index contributed by atoms with van der Waals surface area (Å²) in [4.78, 5) is 32.0. The zero-order valence-electron chi connectivity index (χ0n) is 18.3. The summed E-state index contributed by atoms with van der Waals surface area (Å²) >= 11 is 0. The van der Waals surface area contributed by atoms with Gasteiger partial charge in [-0.2, -0.15) is 0 Å². The Labute approximate surface area is 178 Å². The van der Waals surface area contributed by atoms with Crippen molar-refractivity contribution >= 4 is 12.0 Å². The van der Waals surface area contributed by atoms with E-state index in [1.54, 1.807) is 21.1 Å². The lowest BCUT2D eigenvalue weighted by molar-refractivity contribution is -0.139. The first-order valence-electron chi connectivity index (χ1n) is 10.5. The molecule has 0 bridgehead atoms. The number of urea groups is 1. The van der Waals surface area contributed by atoms with Crippen molar-refractivity contribution in [2.24, 2.45) is 0 Å². The van der Waals surface area contributed by atoms with Crippen molar-refractivity contribution in [3.05, 3.63) is 41.1 Å². The van der Waals surface area contributed by atoms with Crippen molar-refractivity contribution in [2.75, 3.05) is 60.0 Å². The van der Waals surface area contributed by atoms with Crippen LogP contribution in [0.4, 0.5) is 4.79 Å². The molecule has 2 aliphatic rings. The van der Waals surface area contributed by atoms with Crippen molar-refractivity contribution in [1.29, 1.82) is 0 Å². The first-order valence-corrected chi connectivity index (χ1v) is 10.5. The predicted octanol–water partition coefficient (Wildman–Crippen LogP) is 1.85. The molecule has 164 valence electrons. The van der Waals surface area contributed by atoms with Crippen molar-refractivity contribution < 1.29 is 19.1 Å². The quantitative estimate of drug-likeness (QED) is 0.684. The second-order valence-corrected chi connectivity index (χ2v) is 7.51. The summed E-state index contributed by atoms with van der Waals surface area (Å²) in [5.74, 6) is 0.264. The Bertz CT molecular complexity index is 802. The fraction of sp³-hybridized carbons (Fsp3) is 0.545. The lowest BCUT2D eigenvalue weighted by atomic mass is 9.94. The van der Waals surface area contributed by atoms with Gasteiger partial charge in [-0.25, -0.2) is 9.59 Å². The van der Waals surface area contributed by atoms with E-state index >= 15 is 0 Å². The molecule has 0 spiro atoms. The van der Waals surface area contributed by atoms with Crippen LogP contribution in [0, 0.1) is 0 Å². The average molecular weight is 417 g/mol. The minimum absolute atomic E-state index is 0.238. The monoisotopic (exact) mass is 416 g/mol. The summed E-state index contributed by atoms with van der Waals surface area (Å²) in [6.45, 7) is 9.53. The topological polar surface area (TPSA) is 74.4 Å². The summed E-state index contributed by atoms with van der Waals surface area (Å²) in [6, 6.07) is 6.59. The van der Waals surface area contributed by atoms with E-state index in [1.807, 2.05) is 24.3 Å². The molecule has 0 aromatic heterocycles. The lowest BCUT2D eigenvalue weighted by Gasteiger charge is -2.39. The van der Waals surface area contributed by atoms with Crippen LogP contribution in [0.5, 0.6) is 5.75 Å². The summed E-state index contributed by atoms with van der Waals surface area (Å²) in [7, 11) is 3.30. The van der Waals surface area contributed by atoms with Gasteiger partial charge in [0.2, 0.25) is 0 Å². The maximum atomic E-state index is 13.0. The molecule has 8 heteroatoms. The van der Waals surface area contributed by atoms with Crippen LogP contribution in [0.1, 0.15) is 25.5 Å². The molecule has 0 aliphatic carbocycles. The van der Waals surface area contributed by atoms with E-state index in [9.17, 15) is 9.59 Å². The lowest BCUT2D eigenvalue weighted by Crippen LogP contribution is -2.52. The summed E-state index contributed by atoms with van der Waals surface area (Å²) < 4.78 is 10.7. The molecule has 0 saturated carbocycles. The van der Waals surface area contributed by atoms with Crippen molar-refractivity contribution in [1.82, 2.24) is 20.0 Å². The van der Waals surface area contributed by atoms with Crippen LogP contribution in [0.2, 0.25) is 0 Å². The number of piperazine rings is 1. The third-order valence-electron chi connectivity index (χ3n) is 5.78. The van der Waals surface area contributed by atoms with Gasteiger partial charge in [-0.1, -0.05) is 19.1 Å². The molecule has 1 atom stereocenters. The van der Waals surface area contributed by atoms with Crippen LogP contribution in [-0.4, -0.2) is 86.7 Å². The van der Waals surface area contributed by atoms with E-state index in [-0.39, 0.29) is 12.6 Å². The molecule has 2 aliphatic heterocycles. The Morgan fingerprint density at radius 2 is 1.87 bits per heavy atom. The van der Waals surface area contributed by atoms with E-state index in [0.29, 0.717) is 23.6 Å². The van der Waals surface area contributed by atoms with Crippen LogP contribution in [0.15, 0.2) is 35.5 Å². The molecule has 3 rings (SSSR count). The largest absolute Gasteiger partial charge is 0.497 e. The van der Waals surface area contributed by atoms with E-state index in [2.05, 4.69) is 22.0 Å². The number of hydrogen-bond acceptors (Lipinski definition) is 6. The fourth-order valence-corrected chi connectivity index (χ4v) is 3.94. The fourth-order valence-electron chi connectivity index (χ4n) is 3.94. The molecule has 30 heavy (non-hydrogen) atoms. The highest BCUT2D eigenvalue weighted by atomic mass is 16.5. The number of likely N-dealkylation sites (N-methyl/N-ethyl adjacent to an activating group) is 2. The highest BCUT2D eigenvalue weighted by Crippen LogP contribution is 2.33. The number of hydrogen-bond donors (Lipinski definition) is 1. The molecule has 1 aromatic carbocycles. The summed E-state index contributed by atoms with van der Waals surface area (Å²) in [5, 5.41) is 2.95. The Balaban J connectivity index is 1.99. The zero-order chi connectivity index (χ0) is 21.7. The van der Waals surface area contributed by atoms with Gasteiger partial charge in [-0.15, -0.1) is 0 Å². The second kappa shape index (κ2) is 9.95. The van der Waals surface area contributed by atoms with Crippen LogP contribution in [0.25, 0.3) is 0 Å². The Kier molecular flexibility index (Phi) is 7.33. The number of esters is 1. The maximum absolute atomic E-state index is 13.0. The summed E-state index contributed by atoms with van der Waals surface area (Å²) in [6.07, 6.45) is 0. The third kappa shape index (κ3) is 4.76. The van der Waals surface area contributed by atoms with E-state index in [4.69, 9.17) is 9.47 Å². The van der Waals surface area contributed by atoms with E-state index < -0.39 is 12.0 Å². The van der Waals surface area contributed by atoms with Crippen LogP contribution < -0.4 is 10.1 Å². The Hall–Kier alpha value is -2.58. The van der Waals surface area contributed by atoms with E-state index in [1.165, 1.54) is 4.90 Å². The smallest absolute Gasteiger partial charge is 0.338 e. The minimum atomic E-state index is -0.588. The number of rotatable bonds is 7. The van der Waals surface area contributed by atoms with Crippen LogP contribution >= 0.6 is 0 Å². The normalized spacial score (nSPS) is 20.9. The first-order chi connectivity index (χ1) is 14.5. The van der Waals surface area contributed by atoms with E-state index in [0.717, 1.165) is 38.3 Å². The molecule has 1 saturated heterocycles. The molecule has 1 N–H and O–H groups in total. The number of carbonyl (C=O) groups excluding carboxylic acids is 2. The molecular weight excluding hydrogens is 384 g/mol. The van der Waals surface area contributed by atoms with Gasteiger partial charge in [-0.05, 0) is 31.2 Å². The molecular formula is C22H32N4O4. The number of benzene rings is 1. The molecule has 1 unspecified atom stereocenters. The number of ether oxygens (including phenoxy) is 2. The van der Waals surface area contributed by atoms with Gasteiger partial charge in [0.1, 0.15) is 5.75 Å².